The maximum atomic E-state index is 14.6. The van der Waals surface area contributed by atoms with Gasteiger partial charge in [0.2, 0.25) is 11.9 Å². The summed E-state index contributed by atoms with van der Waals surface area (Å²) in [7, 11) is 0. The van der Waals surface area contributed by atoms with Gasteiger partial charge in [-0.15, -0.1) is 0 Å². The van der Waals surface area contributed by atoms with Crippen molar-refractivity contribution in [1.29, 1.82) is 0 Å². The molecule has 1 aromatic carbocycles. The number of carbonyl (C=O) groups excluding carboxylic acids is 1. The van der Waals surface area contributed by atoms with Crippen molar-refractivity contribution in [3.63, 3.8) is 0 Å². The summed E-state index contributed by atoms with van der Waals surface area (Å²) in [6.45, 7) is 8.29. The number of benzene rings is 1. The van der Waals surface area contributed by atoms with Crippen molar-refractivity contribution in [2.24, 2.45) is 0 Å². The summed E-state index contributed by atoms with van der Waals surface area (Å²) in [5, 5.41) is 8.69. The van der Waals surface area contributed by atoms with Crippen molar-refractivity contribution >= 4 is 46.0 Å². The van der Waals surface area contributed by atoms with Crippen LogP contribution in [0, 0.1) is 5.82 Å². The molecule has 2 aromatic heterocycles. The lowest BCUT2D eigenvalue weighted by atomic mass is 9.87. The van der Waals surface area contributed by atoms with Crippen LogP contribution in [0.2, 0.25) is 5.02 Å². The van der Waals surface area contributed by atoms with Gasteiger partial charge in [-0.2, -0.15) is 15.1 Å². The molecule has 2 aliphatic heterocycles. The van der Waals surface area contributed by atoms with E-state index in [0.717, 1.165) is 70.1 Å². The van der Waals surface area contributed by atoms with Gasteiger partial charge in [0.25, 0.3) is 0 Å². The van der Waals surface area contributed by atoms with Crippen molar-refractivity contribution in [2.75, 3.05) is 36.4 Å². The summed E-state index contributed by atoms with van der Waals surface area (Å²) in [5.74, 6) is 0.986. The molecule has 6 rings (SSSR count). The molecule has 0 radical (unpaired) electrons. The second-order valence-corrected chi connectivity index (χ2v) is 11.6. The van der Waals surface area contributed by atoms with Crippen LogP contribution in [0.4, 0.5) is 21.8 Å². The lowest BCUT2D eigenvalue weighted by molar-refractivity contribution is -0.143. The molecule has 4 heterocycles. The van der Waals surface area contributed by atoms with Crippen molar-refractivity contribution in [2.45, 2.75) is 83.5 Å². The number of fused-ring (bicyclic) bond motifs is 1. The molecule has 0 spiro atoms. The fourth-order valence-corrected chi connectivity index (χ4v) is 6.61. The summed E-state index contributed by atoms with van der Waals surface area (Å²) in [5.41, 5.74) is 1.000. The van der Waals surface area contributed by atoms with E-state index in [0.29, 0.717) is 46.6 Å². The first kappa shape index (κ1) is 27.2. The molecule has 1 unspecified atom stereocenters. The van der Waals surface area contributed by atoms with Gasteiger partial charge in [-0.1, -0.05) is 18.5 Å². The van der Waals surface area contributed by atoms with Gasteiger partial charge in [0.15, 0.2) is 5.65 Å². The SMILES string of the molecule is CCN1CCCC1C(=O)N(C1CCC1)C1CCN(c2nc(Nc3ccc(Cl)cc3F)c3cnn(CC)c3n2)CC1. The second-order valence-electron chi connectivity index (χ2n) is 11.2. The number of anilines is 3. The molecule has 9 nitrogen and oxygen atoms in total. The summed E-state index contributed by atoms with van der Waals surface area (Å²) in [6.07, 6.45) is 8.98. The summed E-state index contributed by atoms with van der Waals surface area (Å²) in [4.78, 5) is 30.4. The number of likely N-dealkylation sites (tertiary alicyclic amines) is 1. The maximum Gasteiger partial charge on any atom is 0.240 e. The number of carbonyl (C=O) groups is 1. The first-order valence-corrected chi connectivity index (χ1v) is 15.1. The summed E-state index contributed by atoms with van der Waals surface area (Å²) in [6, 6.07) is 5.18. The quantitative estimate of drug-likeness (QED) is 0.399. The summed E-state index contributed by atoms with van der Waals surface area (Å²) < 4.78 is 16.5. The number of rotatable bonds is 8. The highest BCUT2D eigenvalue weighted by molar-refractivity contribution is 6.30. The van der Waals surface area contributed by atoms with E-state index >= 15 is 0 Å². The third-order valence-corrected chi connectivity index (χ3v) is 9.12. The second kappa shape index (κ2) is 11.5. The lowest BCUT2D eigenvalue weighted by Gasteiger charge is -2.47. The number of aryl methyl sites for hydroxylation is 1. The normalized spacial score (nSPS) is 20.7. The molecule has 3 aliphatic rings. The van der Waals surface area contributed by atoms with E-state index in [1.807, 2.05) is 11.6 Å². The Balaban J connectivity index is 1.23. The minimum absolute atomic E-state index is 0.0330. The van der Waals surface area contributed by atoms with Gasteiger partial charge in [0.1, 0.15) is 11.6 Å². The van der Waals surface area contributed by atoms with E-state index in [2.05, 4.69) is 32.0 Å². The van der Waals surface area contributed by atoms with Gasteiger partial charge in [-0.3, -0.25) is 9.69 Å². The van der Waals surface area contributed by atoms with Crippen LogP contribution in [0.5, 0.6) is 0 Å². The molecule has 1 N–H and O–H groups in total. The van der Waals surface area contributed by atoms with Crippen LogP contribution in [0.3, 0.4) is 0 Å². The fourth-order valence-electron chi connectivity index (χ4n) is 6.45. The first-order valence-electron chi connectivity index (χ1n) is 14.7. The van der Waals surface area contributed by atoms with Gasteiger partial charge >= 0.3 is 0 Å². The zero-order chi connectivity index (χ0) is 27.8. The van der Waals surface area contributed by atoms with E-state index in [9.17, 15) is 9.18 Å². The molecule has 1 saturated carbocycles. The monoisotopic (exact) mass is 568 g/mol. The number of aromatic nitrogens is 4. The molecule has 1 atom stereocenters. The van der Waals surface area contributed by atoms with Crippen LogP contribution in [0.1, 0.15) is 58.8 Å². The lowest BCUT2D eigenvalue weighted by Crippen LogP contribution is -2.58. The molecule has 3 fully saturated rings. The van der Waals surface area contributed by atoms with Crippen LogP contribution in [-0.2, 0) is 11.3 Å². The topological polar surface area (TPSA) is 82.4 Å². The highest BCUT2D eigenvalue weighted by atomic mass is 35.5. The van der Waals surface area contributed by atoms with E-state index in [1.165, 1.54) is 12.5 Å². The molecule has 40 heavy (non-hydrogen) atoms. The van der Waals surface area contributed by atoms with Gasteiger partial charge < -0.3 is 15.1 Å². The van der Waals surface area contributed by atoms with Crippen molar-refractivity contribution < 1.29 is 9.18 Å². The number of amides is 1. The number of nitrogens with one attached hydrogen (secondary N) is 1. The zero-order valence-corrected chi connectivity index (χ0v) is 24.1. The molecular weight excluding hydrogens is 531 g/mol. The Hall–Kier alpha value is -2.98. The molecule has 11 heteroatoms. The molecule has 3 aromatic rings. The Kier molecular flexibility index (Phi) is 7.81. The number of halogens is 2. The van der Waals surface area contributed by atoms with Crippen LogP contribution in [-0.4, -0.2) is 79.8 Å². The average Bonchev–Trinajstić information content (AvgIpc) is 3.59. The van der Waals surface area contributed by atoms with Crippen molar-refractivity contribution in [1.82, 2.24) is 29.5 Å². The molecule has 1 amide bonds. The average molecular weight is 569 g/mol. The van der Waals surface area contributed by atoms with Crippen LogP contribution in [0.25, 0.3) is 11.0 Å². The molecule has 2 saturated heterocycles. The maximum absolute atomic E-state index is 14.6. The number of hydrogen-bond donors (Lipinski definition) is 1. The highest BCUT2D eigenvalue weighted by Crippen LogP contribution is 2.34. The fraction of sp³-hybridized carbons (Fsp3) is 0.586. The first-order chi connectivity index (χ1) is 19.5. The largest absolute Gasteiger partial charge is 0.341 e. The highest BCUT2D eigenvalue weighted by Gasteiger charge is 2.41. The Labute approximate surface area is 239 Å². The van der Waals surface area contributed by atoms with Gasteiger partial charge in [0, 0.05) is 36.7 Å². The third kappa shape index (κ3) is 5.11. The predicted octanol–water partition coefficient (Wildman–Crippen LogP) is 5.22. The Morgan fingerprint density at radius 2 is 1.82 bits per heavy atom. The smallest absolute Gasteiger partial charge is 0.240 e. The predicted molar refractivity (Wildman–Crippen MR) is 156 cm³/mol. The Morgan fingerprint density at radius 1 is 1.05 bits per heavy atom. The minimum Gasteiger partial charge on any atom is -0.341 e. The van der Waals surface area contributed by atoms with E-state index in [-0.39, 0.29) is 12.1 Å². The van der Waals surface area contributed by atoms with E-state index in [4.69, 9.17) is 21.6 Å². The van der Waals surface area contributed by atoms with Crippen LogP contribution >= 0.6 is 11.6 Å². The number of nitrogens with zero attached hydrogens (tertiary/aromatic N) is 7. The van der Waals surface area contributed by atoms with Crippen LogP contribution in [0.15, 0.2) is 24.4 Å². The molecular formula is C29H38ClFN8O. The molecule has 1 aliphatic carbocycles. The Morgan fingerprint density at radius 3 is 2.50 bits per heavy atom. The molecule has 0 bridgehead atoms. The van der Waals surface area contributed by atoms with Crippen molar-refractivity contribution in [3.8, 4) is 0 Å². The van der Waals surface area contributed by atoms with E-state index in [1.54, 1.807) is 18.3 Å². The van der Waals surface area contributed by atoms with Gasteiger partial charge in [0.05, 0.1) is 23.3 Å². The number of likely N-dealkylation sites (N-methyl/N-ethyl adjacent to an activating group) is 1. The zero-order valence-electron chi connectivity index (χ0n) is 23.3. The van der Waals surface area contributed by atoms with E-state index < -0.39 is 5.82 Å². The summed E-state index contributed by atoms with van der Waals surface area (Å²) >= 11 is 5.96. The standard InChI is InChI=1S/C29H38ClFN8O/c1-3-36-14-6-9-25(36)28(40)39(20-7-5-8-20)21-12-15-37(16-13-21)29-34-26(22-18-32-38(4-2)27(22)35-29)33-24-11-10-19(30)17-23(24)31/h10-11,17-18,20-21,25H,3-9,12-16H2,1-2H3,(H,33,34,35). The third-order valence-electron chi connectivity index (χ3n) is 8.89. The Bertz CT molecular complexity index is 1370. The number of hydrogen-bond acceptors (Lipinski definition) is 7. The molecule has 214 valence electrons. The van der Waals surface area contributed by atoms with Crippen molar-refractivity contribution in [3.05, 3.63) is 35.2 Å². The van der Waals surface area contributed by atoms with Crippen LogP contribution < -0.4 is 10.2 Å². The van der Waals surface area contributed by atoms with Gasteiger partial charge in [-0.05, 0) is 83.2 Å². The number of piperidine rings is 1. The minimum atomic E-state index is -0.450. The van der Waals surface area contributed by atoms with Gasteiger partial charge in [-0.25, -0.2) is 9.07 Å².